The van der Waals surface area contributed by atoms with E-state index in [2.05, 4.69) is 10.4 Å². The van der Waals surface area contributed by atoms with Crippen molar-refractivity contribution in [3.05, 3.63) is 65.5 Å². The fourth-order valence-electron chi connectivity index (χ4n) is 3.71. The molecule has 0 unspecified atom stereocenters. The first-order valence-corrected chi connectivity index (χ1v) is 8.92. The molecule has 3 heterocycles. The summed E-state index contributed by atoms with van der Waals surface area (Å²) in [6.45, 7) is 0.601. The number of pyridine rings is 1. The first kappa shape index (κ1) is 17.9. The predicted molar refractivity (Wildman–Crippen MR) is 98.8 cm³/mol. The maximum atomic E-state index is 14.3. The molecule has 1 aliphatic rings. The number of fused-ring (bicyclic) bond motifs is 1. The third-order valence-corrected chi connectivity index (χ3v) is 4.98. The van der Waals surface area contributed by atoms with Crippen LogP contribution in [0.25, 0.3) is 5.52 Å². The van der Waals surface area contributed by atoms with Gasteiger partial charge < -0.3 is 10.2 Å². The molecule has 3 aromatic rings. The van der Waals surface area contributed by atoms with Crippen molar-refractivity contribution < 1.29 is 13.6 Å². The van der Waals surface area contributed by atoms with Crippen LogP contribution < -0.4 is 10.2 Å². The minimum absolute atomic E-state index is 0.0943. The summed E-state index contributed by atoms with van der Waals surface area (Å²) >= 11 is 0. The quantitative estimate of drug-likeness (QED) is 0.705. The summed E-state index contributed by atoms with van der Waals surface area (Å²) in [5.41, 5.74) is 2.06. The van der Waals surface area contributed by atoms with Crippen LogP contribution in [0, 0.1) is 23.0 Å². The average molecular weight is 381 g/mol. The third kappa shape index (κ3) is 3.16. The van der Waals surface area contributed by atoms with Crippen LogP contribution in [-0.4, -0.2) is 28.6 Å². The van der Waals surface area contributed by atoms with Crippen LogP contribution in [0.1, 0.15) is 34.8 Å². The number of hydrogen-bond acceptors (Lipinski definition) is 4. The molecule has 8 heteroatoms. The number of halogens is 2. The second-order valence-electron chi connectivity index (χ2n) is 6.63. The monoisotopic (exact) mass is 381 g/mol. The Hall–Kier alpha value is -3.47. The minimum atomic E-state index is -0.467. The summed E-state index contributed by atoms with van der Waals surface area (Å²) in [4.78, 5) is 14.3. The first-order chi connectivity index (χ1) is 13.6. The lowest BCUT2D eigenvalue weighted by Crippen LogP contribution is -2.24. The number of rotatable bonds is 4. The number of amides is 1. The number of hydrogen-bond donors (Lipinski definition) is 1. The summed E-state index contributed by atoms with van der Waals surface area (Å²) in [6.07, 6.45) is 4.73. The highest BCUT2D eigenvalue weighted by Crippen LogP contribution is 2.38. The Morgan fingerprint density at radius 3 is 3.00 bits per heavy atom. The molecule has 1 atom stereocenters. The molecule has 28 heavy (non-hydrogen) atoms. The largest absolute Gasteiger partial charge is 0.364 e. The molecule has 0 spiro atoms. The van der Waals surface area contributed by atoms with Crippen molar-refractivity contribution in [1.29, 1.82) is 5.26 Å². The first-order valence-electron chi connectivity index (χ1n) is 8.92. The lowest BCUT2D eigenvalue weighted by atomic mass is 10.0. The second-order valence-corrected chi connectivity index (χ2v) is 6.63. The maximum Gasteiger partial charge on any atom is 0.255 e. The molecule has 1 saturated heterocycles. The van der Waals surface area contributed by atoms with Crippen LogP contribution >= 0.6 is 0 Å². The zero-order chi connectivity index (χ0) is 19.7. The van der Waals surface area contributed by atoms with E-state index >= 15 is 0 Å². The Morgan fingerprint density at radius 1 is 1.32 bits per heavy atom. The van der Waals surface area contributed by atoms with Gasteiger partial charge in [0.05, 0.1) is 29.4 Å². The fraction of sp³-hybridized carbons (Fsp3) is 0.250. The lowest BCUT2D eigenvalue weighted by molar-refractivity contribution is 0.0960. The smallest absolute Gasteiger partial charge is 0.255 e. The topological polar surface area (TPSA) is 73.4 Å². The van der Waals surface area contributed by atoms with Gasteiger partial charge in [-0.15, -0.1) is 0 Å². The summed E-state index contributed by atoms with van der Waals surface area (Å²) < 4.78 is 29.6. The van der Waals surface area contributed by atoms with E-state index in [0.717, 1.165) is 24.2 Å². The van der Waals surface area contributed by atoms with E-state index in [-0.39, 0.29) is 18.5 Å². The summed E-state index contributed by atoms with van der Waals surface area (Å²) in [7, 11) is 0. The number of nitriles is 1. The highest BCUT2D eigenvalue weighted by atomic mass is 19.1. The second kappa shape index (κ2) is 7.27. The molecule has 1 aliphatic heterocycles. The number of carbonyl (C=O) groups is 1. The molecule has 1 amide bonds. The Morgan fingerprint density at radius 2 is 2.18 bits per heavy atom. The van der Waals surface area contributed by atoms with Gasteiger partial charge in [0.15, 0.2) is 0 Å². The summed E-state index contributed by atoms with van der Waals surface area (Å²) in [5, 5.41) is 15.3. The zero-order valence-electron chi connectivity index (χ0n) is 14.9. The molecule has 0 radical (unpaired) electrons. The molecule has 0 saturated carbocycles. The molecular formula is C20H17F2N5O. The van der Waals surface area contributed by atoms with E-state index < -0.39 is 11.6 Å². The maximum absolute atomic E-state index is 14.3. The summed E-state index contributed by atoms with van der Waals surface area (Å²) in [6, 6.07) is 8.75. The van der Waals surface area contributed by atoms with E-state index in [0.29, 0.717) is 29.6 Å². The minimum Gasteiger partial charge on any atom is -0.364 e. The SMILES string of the molecule is N#CCNC(=O)c1cnn2ccc(N3CCC[C@@H]3c3cc(F)ccc3F)cc12. The predicted octanol–water partition coefficient (Wildman–Crippen LogP) is 3.21. The Bertz CT molecular complexity index is 1090. The van der Waals surface area contributed by atoms with Crippen molar-refractivity contribution in [1.82, 2.24) is 14.9 Å². The van der Waals surface area contributed by atoms with Crippen molar-refractivity contribution in [2.75, 3.05) is 18.0 Å². The van der Waals surface area contributed by atoms with E-state index in [1.807, 2.05) is 23.1 Å². The number of nitrogens with zero attached hydrogens (tertiary/aromatic N) is 4. The fourth-order valence-corrected chi connectivity index (χ4v) is 3.71. The van der Waals surface area contributed by atoms with Gasteiger partial charge in [0.25, 0.3) is 5.91 Å². The van der Waals surface area contributed by atoms with Crippen LogP contribution in [0.15, 0.2) is 42.7 Å². The number of aromatic nitrogens is 2. The van der Waals surface area contributed by atoms with E-state index in [9.17, 15) is 13.6 Å². The Kier molecular flexibility index (Phi) is 4.65. The molecule has 1 fully saturated rings. The molecule has 0 bridgehead atoms. The van der Waals surface area contributed by atoms with E-state index in [1.165, 1.54) is 12.3 Å². The van der Waals surface area contributed by atoms with Gasteiger partial charge in [-0.25, -0.2) is 13.3 Å². The average Bonchev–Trinajstić information content (AvgIpc) is 3.34. The molecule has 142 valence electrons. The van der Waals surface area contributed by atoms with Gasteiger partial charge in [0.2, 0.25) is 0 Å². The Labute approximate surface area is 160 Å². The van der Waals surface area contributed by atoms with Gasteiger partial charge in [-0.1, -0.05) is 0 Å². The molecular weight excluding hydrogens is 364 g/mol. The normalized spacial score (nSPS) is 16.3. The van der Waals surface area contributed by atoms with Crippen LogP contribution in [0.5, 0.6) is 0 Å². The number of benzene rings is 1. The van der Waals surface area contributed by atoms with Crippen LogP contribution in [0.2, 0.25) is 0 Å². The van der Waals surface area contributed by atoms with Crippen molar-refractivity contribution in [3.63, 3.8) is 0 Å². The molecule has 6 nitrogen and oxygen atoms in total. The van der Waals surface area contributed by atoms with Gasteiger partial charge in [0.1, 0.15) is 18.2 Å². The van der Waals surface area contributed by atoms with Crippen molar-refractivity contribution in [2.45, 2.75) is 18.9 Å². The van der Waals surface area contributed by atoms with Crippen LogP contribution in [-0.2, 0) is 0 Å². The van der Waals surface area contributed by atoms with Gasteiger partial charge in [-0.3, -0.25) is 4.79 Å². The zero-order valence-corrected chi connectivity index (χ0v) is 14.9. The standard InChI is InChI=1S/C20H17F2N5O/c21-13-3-4-17(22)15(10-13)18-2-1-8-26(18)14-5-9-27-19(11-14)16(12-25-27)20(28)24-7-6-23/h3-5,9-12,18H,1-2,7-8H2,(H,24,28)/t18-/m1/s1. The highest BCUT2D eigenvalue weighted by molar-refractivity contribution is 6.01. The summed E-state index contributed by atoms with van der Waals surface area (Å²) in [5.74, 6) is -1.28. The number of anilines is 1. The molecule has 4 rings (SSSR count). The Balaban J connectivity index is 1.71. The van der Waals surface area contributed by atoms with Gasteiger partial charge >= 0.3 is 0 Å². The van der Waals surface area contributed by atoms with E-state index in [1.54, 1.807) is 10.7 Å². The van der Waals surface area contributed by atoms with Gasteiger partial charge in [0, 0.05) is 24.0 Å². The third-order valence-electron chi connectivity index (χ3n) is 4.98. The molecule has 0 aliphatic carbocycles. The van der Waals surface area contributed by atoms with Crippen LogP contribution in [0.4, 0.5) is 14.5 Å². The number of nitrogens with one attached hydrogen (secondary N) is 1. The molecule has 1 aromatic carbocycles. The molecule has 1 N–H and O–H groups in total. The highest BCUT2D eigenvalue weighted by Gasteiger charge is 2.29. The van der Waals surface area contributed by atoms with Crippen molar-refractivity contribution >= 4 is 17.1 Å². The molecule has 2 aromatic heterocycles. The van der Waals surface area contributed by atoms with Crippen molar-refractivity contribution in [3.8, 4) is 6.07 Å². The van der Waals surface area contributed by atoms with Crippen LogP contribution in [0.3, 0.4) is 0 Å². The van der Waals surface area contributed by atoms with Crippen molar-refractivity contribution in [2.24, 2.45) is 0 Å². The lowest BCUT2D eigenvalue weighted by Gasteiger charge is -2.27. The van der Waals surface area contributed by atoms with Gasteiger partial charge in [-0.2, -0.15) is 10.4 Å². The van der Waals surface area contributed by atoms with Gasteiger partial charge in [-0.05, 0) is 43.2 Å². The van der Waals surface area contributed by atoms with E-state index in [4.69, 9.17) is 5.26 Å². The number of carbonyl (C=O) groups excluding carboxylic acids is 1.